The molecule has 1 aromatic heterocycles. The van der Waals surface area contributed by atoms with Gasteiger partial charge in [0, 0.05) is 18.1 Å². The van der Waals surface area contributed by atoms with Gasteiger partial charge in [-0.05, 0) is 36.4 Å². The summed E-state index contributed by atoms with van der Waals surface area (Å²) < 4.78 is 4.84. The summed E-state index contributed by atoms with van der Waals surface area (Å²) in [5.41, 5.74) is 1.59. The van der Waals surface area contributed by atoms with Gasteiger partial charge in [-0.2, -0.15) is 0 Å². The molecule has 3 aromatic rings. The number of thioether (sulfide) groups is 1. The molecule has 0 atom stereocenters. The van der Waals surface area contributed by atoms with Gasteiger partial charge in [-0.1, -0.05) is 48.0 Å². The van der Waals surface area contributed by atoms with E-state index in [0.717, 1.165) is 27.8 Å². The number of rotatable bonds is 5. The predicted octanol–water partition coefficient (Wildman–Crippen LogP) is 3.96. The first-order valence-electron chi connectivity index (χ1n) is 9.51. The van der Waals surface area contributed by atoms with Gasteiger partial charge in [0.2, 0.25) is 0 Å². The van der Waals surface area contributed by atoms with Crippen molar-refractivity contribution in [2.45, 2.75) is 6.92 Å². The van der Waals surface area contributed by atoms with Crippen LogP contribution in [-0.2, 0) is 4.79 Å². The lowest BCUT2D eigenvalue weighted by Crippen LogP contribution is -2.30. The number of amides is 2. The molecule has 2 heterocycles. The summed E-state index contributed by atoms with van der Waals surface area (Å²) >= 11 is 0.898. The fraction of sp³-hybridized carbons (Fsp3) is 0.130. The molecule has 1 aliphatic rings. The van der Waals surface area contributed by atoms with Crippen molar-refractivity contribution in [3.63, 3.8) is 0 Å². The van der Waals surface area contributed by atoms with E-state index in [-0.39, 0.29) is 29.8 Å². The summed E-state index contributed by atoms with van der Waals surface area (Å²) in [6.45, 7) is 2.22. The van der Waals surface area contributed by atoms with Crippen LogP contribution in [0.5, 0.6) is 5.95 Å². The maximum Gasteiger partial charge on any atom is 0.346 e. The molecule has 1 saturated heterocycles. The second-order valence-corrected chi connectivity index (χ2v) is 7.93. The number of nitrogens with zero attached hydrogens (tertiary/aromatic N) is 2. The van der Waals surface area contributed by atoms with Crippen molar-refractivity contribution in [1.29, 1.82) is 0 Å². The van der Waals surface area contributed by atoms with Gasteiger partial charge in [0.15, 0.2) is 0 Å². The molecule has 2 amide bonds. The minimum absolute atomic E-state index is 0.0991. The molecule has 1 aliphatic heterocycles. The van der Waals surface area contributed by atoms with E-state index in [1.807, 2.05) is 31.2 Å². The second kappa shape index (κ2) is 8.61. The molecule has 0 unspecified atom stereocenters. The Bertz CT molecular complexity index is 1290. The first kappa shape index (κ1) is 20.6. The minimum atomic E-state index is -0.636. The van der Waals surface area contributed by atoms with E-state index in [4.69, 9.17) is 4.42 Å². The Kier molecular flexibility index (Phi) is 5.73. The fourth-order valence-electron chi connectivity index (χ4n) is 3.15. The van der Waals surface area contributed by atoms with Gasteiger partial charge in [0.1, 0.15) is 0 Å². The van der Waals surface area contributed by atoms with Crippen LogP contribution in [0, 0.1) is 6.92 Å². The second-order valence-electron chi connectivity index (χ2n) is 6.93. The van der Waals surface area contributed by atoms with Crippen LogP contribution in [0.1, 0.15) is 16.7 Å². The van der Waals surface area contributed by atoms with Gasteiger partial charge >= 0.3 is 5.63 Å². The molecule has 7 nitrogen and oxygen atoms in total. The number of aromatic hydroxyl groups is 1. The highest BCUT2D eigenvalue weighted by Crippen LogP contribution is 2.32. The van der Waals surface area contributed by atoms with Gasteiger partial charge in [-0.3, -0.25) is 19.5 Å². The van der Waals surface area contributed by atoms with Crippen molar-refractivity contribution >= 4 is 46.0 Å². The third kappa shape index (κ3) is 4.29. The van der Waals surface area contributed by atoms with Gasteiger partial charge in [0.05, 0.1) is 22.4 Å². The number of carbonyl (C=O) groups is 2. The fourth-order valence-corrected chi connectivity index (χ4v) is 4.02. The quantitative estimate of drug-likeness (QED) is 0.482. The molecule has 0 aliphatic carbocycles. The third-order valence-corrected chi connectivity index (χ3v) is 5.69. The molecule has 0 spiro atoms. The molecule has 0 saturated carbocycles. The van der Waals surface area contributed by atoms with E-state index in [9.17, 15) is 19.5 Å². The average molecular weight is 434 g/mol. The van der Waals surface area contributed by atoms with Gasteiger partial charge < -0.3 is 9.52 Å². The summed E-state index contributed by atoms with van der Waals surface area (Å²) in [6.07, 6.45) is 3.07. The Morgan fingerprint density at radius 1 is 1.06 bits per heavy atom. The van der Waals surface area contributed by atoms with Crippen molar-refractivity contribution in [3.8, 4) is 5.95 Å². The molecule has 156 valence electrons. The number of carbonyl (C=O) groups excluding carboxylic acids is 2. The maximum absolute atomic E-state index is 12.6. The summed E-state index contributed by atoms with van der Waals surface area (Å²) in [7, 11) is 0. The van der Waals surface area contributed by atoms with E-state index in [0.29, 0.717) is 15.7 Å². The maximum atomic E-state index is 12.6. The van der Waals surface area contributed by atoms with Crippen LogP contribution in [0.3, 0.4) is 0 Å². The van der Waals surface area contributed by atoms with E-state index in [2.05, 4.69) is 4.99 Å². The van der Waals surface area contributed by atoms with E-state index in [1.54, 1.807) is 30.3 Å². The van der Waals surface area contributed by atoms with E-state index >= 15 is 0 Å². The van der Waals surface area contributed by atoms with Crippen molar-refractivity contribution in [1.82, 2.24) is 4.90 Å². The smallest absolute Gasteiger partial charge is 0.346 e. The Labute approximate surface area is 181 Å². The first-order valence-corrected chi connectivity index (χ1v) is 10.3. The van der Waals surface area contributed by atoms with Crippen LogP contribution in [0.25, 0.3) is 16.8 Å². The van der Waals surface area contributed by atoms with Crippen LogP contribution in [0.2, 0.25) is 0 Å². The molecular weight excluding hydrogens is 416 g/mol. The summed E-state index contributed by atoms with van der Waals surface area (Å²) in [4.78, 5) is 42.4. The number of hydrogen-bond donors (Lipinski definition) is 1. The average Bonchev–Trinajstić information content (AvgIpc) is 3.02. The summed E-state index contributed by atoms with van der Waals surface area (Å²) in [5.74, 6) is -0.885. The van der Waals surface area contributed by atoms with Crippen LogP contribution in [0.4, 0.5) is 4.79 Å². The molecular formula is C23H18N2O5S. The zero-order valence-electron chi connectivity index (χ0n) is 16.6. The summed E-state index contributed by atoms with van der Waals surface area (Å²) in [5, 5.41) is 10.5. The predicted molar refractivity (Wildman–Crippen MR) is 120 cm³/mol. The van der Waals surface area contributed by atoms with Crippen LogP contribution >= 0.6 is 11.8 Å². The molecule has 0 bridgehead atoms. The molecule has 1 N–H and O–H groups in total. The highest BCUT2D eigenvalue weighted by molar-refractivity contribution is 8.18. The van der Waals surface area contributed by atoms with Gasteiger partial charge in [-0.15, -0.1) is 0 Å². The SMILES string of the molecule is Cc1ccc(/C=C2/SC(=O)N(CCN=Cc3c(O)oc(=O)c4ccccc34)C2=O)cc1. The summed E-state index contributed by atoms with van der Waals surface area (Å²) in [6, 6.07) is 14.4. The van der Waals surface area contributed by atoms with Gasteiger partial charge in [0.25, 0.3) is 17.1 Å². The Balaban J connectivity index is 1.47. The molecule has 2 aromatic carbocycles. The number of hydrogen-bond acceptors (Lipinski definition) is 7. The van der Waals surface area contributed by atoms with Gasteiger partial charge in [-0.25, -0.2) is 4.79 Å². The number of fused-ring (bicyclic) bond motifs is 1. The third-order valence-electron chi connectivity index (χ3n) is 4.78. The van der Waals surface area contributed by atoms with Crippen molar-refractivity contribution in [2.24, 2.45) is 4.99 Å². The highest BCUT2D eigenvalue weighted by Gasteiger charge is 2.34. The largest absolute Gasteiger partial charge is 0.480 e. The normalized spacial score (nSPS) is 15.6. The molecule has 31 heavy (non-hydrogen) atoms. The monoisotopic (exact) mass is 434 g/mol. The first-order chi connectivity index (χ1) is 14.9. The Hall–Kier alpha value is -3.65. The molecule has 8 heteroatoms. The van der Waals surface area contributed by atoms with Crippen LogP contribution < -0.4 is 5.63 Å². The molecule has 4 rings (SSSR count). The Morgan fingerprint density at radius 3 is 2.52 bits per heavy atom. The van der Waals surface area contributed by atoms with Crippen LogP contribution in [-0.4, -0.2) is 40.5 Å². The standard InChI is InChI=1S/C23H18N2O5S/c1-14-6-8-15(9-7-14)12-19-20(26)25(23(29)31-19)11-10-24-13-18-16-4-2-3-5-17(16)21(27)30-22(18)28/h2-9,12-13,28H,10-11H2,1H3/b19-12+,24-13?. The molecule has 0 radical (unpaired) electrons. The van der Waals surface area contributed by atoms with Crippen LogP contribution in [0.15, 0.2) is 67.6 Å². The zero-order chi connectivity index (χ0) is 22.0. The van der Waals surface area contributed by atoms with Crippen molar-refractivity contribution < 1.29 is 19.1 Å². The number of benzene rings is 2. The lowest BCUT2D eigenvalue weighted by atomic mass is 10.1. The Morgan fingerprint density at radius 2 is 1.77 bits per heavy atom. The van der Waals surface area contributed by atoms with E-state index < -0.39 is 11.6 Å². The number of aryl methyl sites for hydroxylation is 1. The van der Waals surface area contributed by atoms with Crippen molar-refractivity contribution in [3.05, 3.63) is 80.5 Å². The van der Waals surface area contributed by atoms with E-state index in [1.165, 1.54) is 6.21 Å². The van der Waals surface area contributed by atoms with Crippen molar-refractivity contribution in [2.75, 3.05) is 13.1 Å². The lowest BCUT2D eigenvalue weighted by molar-refractivity contribution is -0.122. The highest BCUT2D eigenvalue weighted by atomic mass is 32.2. The zero-order valence-corrected chi connectivity index (χ0v) is 17.4. The minimum Gasteiger partial charge on any atom is -0.480 e. The number of aliphatic imine (C=N–C) groups is 1. The topological polar surface area (TPSA) is 100 Å². The number of imide groups is 1. The molecule has 1 fully saturated rings. The lowest BCUT2D eigenvalue weighted by Gasteiger charge is -2.10.